The average molecular weight is 286 g/mol. The molecule has 0 aliphatic rings. The largest absolute Gasteiger partial charge is 0.463 e. The van der Waals surface area contributed by atoms with Gasteiger partial charge in [0.1, 0.15) is 6.61 Å². The molecule has 0 aliphatic heterocycles. The minimum absolute atomic E-state index is 0.0773. The summed E-state index contributed by atoms with van der Waals surface area (Å²) in [7, 11) is 0. The first kappa shape index (κ1) is 19.4. The predicted octanol–water partition coefficient (Wildman–Crippen LogP) is 4.88. The Morgan fingerprint density at radius 3 is 2.05 bits per heavy atom. The highest BCUT2D eigenvalue weighted by molar-refractivity contribution is 5.65. The van der Waals surface area contributed by atoms with Crippen LogP contribution in [0.1, 0.15) is 85.0 Å². The lowest BCUT2D eigenvalue weighted by molar-refractivity contribution is -0.145. The molecule has 0 bridgehead atoms. The second-order valence-electron chi connectivity index (χ2n) is 5.56. The molecule has 0 heterocycles. The lowest BCUT2D eigenvalue weighted by Crippen LogP contribution is -2.21. The van der Waals surface area contributed by atoms with Crippen molar-refractivity contribution in [1.82, 2.24) is 0 Å². The molecule has 0 saturated heterocycles. The highest BCUT2D eigenvalue weighted by Crippen LogP contribution is 2.10. The Hall–Kier alpha value is -0.570. The van der Waals surface area contributed by atoms with Crippen molar-refractivity contribution in [3.8, 4) is 0 Å². The Labute approximate surface area is 125 Å². The maximum Gasteiger partial charge on any atom is 0.302 e. The van der Waals surface area contributed by atoms with Crippen LogP contribution in [0.25, 0.3) is 0 Å². The Morgan fingerprint density at radius 1 is 0.900 bits per heavy atom. The molecule has 20 heavy (non-hydrogen) atoms. The zero-order chi connectivity index (χ0) is 15.1. The van der Waals surface area contributed by atoms with Gasteiger partial charge < -0.3 is 9.47 Å². The molecule has 0 aromatic carbocycles. The van der Waals surface area contributed by atoms with Crippen LogP contribution in [-0.4, -0.2) is 25.3 Å². The second-order valence-corrected chi connectivity index (χ2v) is 5.56. The maximum absolute atomic E-state index is 10.8. The van der Waals surface area contributed by atoms with Gasteiger partial charge in [0.2, 0.25) is 0 Å². The third-order valence-electron chi connectivity index (χ3n) is 3.43. The number of hydrogen-bond donors (Lipinski definition) is 0. The van der Waals surface area contributed by atoms with Crippen LogP contribution in [0, 0.1) is 0 Å². The molecule has 0 spiro atoms. The van der Waals surface area contributed by atoms with E-state index in [4.69, 9.17) is 9.47 Å². The highest BCUT2D eigenvalue weighted by Gasteiger charge is 2.09. The molecule has 0 rings (SSSR count). The van der Waals surface area contributed by atoms with Gasteiger partial charge in [-0.25, -0.2) is 0 Å². The second kappa shape index (κ2) is 14.8. The molecular weight excluding hydrogens is 252 g/mol. The molecule has 0 aromatic rings. The van der Waals surface area contributed by atoms with Crippen molar-refractivity contribution in [3.05, 3.63) is 0 Å². The number of rotatable bonds is 14. The first-order chi connectivity index (χ1) is 9.70. The molecule has 0 saturated carbocycles. The van der Waals surface area contributed by atoms with E-state index in [1.165, 1.54) is 51.9 Å². The van der Waals surface area contributed by atoms with Gasteiger partial charge >= 0.3 is 5.97 Å². The summed E-state index contributed by atoms with van der Waals surface area (Å²) in [6.07, 6.45) is 12.6. The number of ether oxygens (including phenoxy) is 2. The van der Waals surface area contributed by atoms with Crippen LogP contribution < -0.4 is 0 Å². The standard InChI is InChI=1S/C17H34O3/c1-4-6-7-8-9-10-11-12-14-19-17(13-5-2)15-20-16(3)18/h17H,4-15H2,1-3H3. The van der Waals surface area contributed by atoms with Gasteiger partial charge in [0.15, 0.2) is 0 Å². The summed E-state index contributed by atoms with van der Waals surface area (Å²) >= 11 is 0. The van der Waals surface area contributed by atoms with Crippen LogP contribution in [0.5, 0.6) is 0 Å². The summed E-state index contributed by atoms with van der Waals surface area (Å²) < 4.78 is 10.8. The van der Waals surface area contributed by atoms with Gasteiger partial charge in [-0.15, -0.1) is 0 Å². The summed E-state index contributed by atoms with van der Waals surface area (Å²) in [4.78, 5) is 10.8. The molecule has 0 fully saturated rings. The molecule has 3 heteroatoms. The zero-order valence-corrected chi connectivity index (χ0v) is 13.8. The van der Waals surface area contributed by atoms with Crippen molar-refractivity contribution in [2.75, 3.05) is 13.2 Å². The molecule has 0 aliphatic carbocycles. The van der Waals surface area contributed by atoms with E-state index in [0.717, 1.165) is 25.9 Å². The quantitative estimate of drug-likeness (QED) is 0.337. The summed E-state index contributed by atoms with van der Waals surface area (Å²) in [5, 5.41) is 0. The molecule has 120 valence electrons. The molecular formula is C17H34O3. The van der Waals surface area contributed by atoms with E-state index in [0.29, 0.717) is 6.61 Å². The number of hydrogen-bond acceptors (Lipinski definition) is 3. The Morgan fingerprint density at radius 2 is 1.50 bits per heavy atom. The van der Waals surface area contributed by atoms with Crippen LogP contribution in [0.15, 0.2) is 0 Å². The van der Waals surface area contributed by atoms with Crippen LogP contribution >= 0.6 is 0 Å². The highest BCUT2D eigenvalue weighted by atomic mass is 16.6. The normalized spacial score (nSPS) is 12.3. The van der Waals surface area contributed by atoms with Crippen LogP contribution in [0.4, 0.5) is 0 Å². The number of carbonyl (C=O) groups excluding carboxylic acids is 1. The van der Waals surface area contributed by atoms with Gasteiger partial charge in [0.05, 0.1) is 6.10 Å². The number of esters is 1. The van der Waals surface area contributed by atoms with Gasteiger partial charge in [-0.3, -0.25) is 4.79 Å². The fourth-order valence-corrected chi connectivity index (χ4v) is 2.23. The summed E-state index contributed by atoms with van der Waals surface area (Å²) in [6.45, 7) is 7.02. The topological polar surface area (TPSA) is 35.5 Å². The molecule has 3 nitrogen and oxygen atoms in total. The van der Waals surface area contributed by atoms with Crippen molar-refractivity contribution in [2.24, 2.45) is 0 Å². The summed E-state index contributed by atoms with van der Waals surface area (Å²) in [5.74, 6) is -0.221. The van der Waals surface area contributed by atoms with Crippen LogP contribution in [0.2, 0.25) is 0 Å². The Kier molecular flexibility index (Phi) is 14.4. The van der Waals surface area contributed by atoms with Crippen molar-refractivity contribution in [2.45, 2.75) is 91.1 Å². The fourth-order valence-electron chi connectivity index (χ4n) is 2.23. The molecule has 0 amide bonds. The van der Waals surface area contributed by atoms with Crippen molar-refractivity contribution < 1.29 is 14.3 Å². The SMILES string of the molecule is CCCCCCCCCCOC(CCC)COC(C)=O. The number of unbranched alkanes of at least 4 members (excludes halogenated alkanes) is 7. The van der Waals surface area contributed by atoms with E-state index in [1.54, 1.807) is 0 Å². The monoisotopic (exact) mass is 286 g/mol. The summed E-state index contributed by atoms with van der Waals surface area (Å²) in [5.41, 5.74) is 0. The summed E-state index contributed by atoms with van der Waals surface area (Å²) in [6, 6.07) is 0. The van der Waals surface area contributed by atoms with Crippen molar-refractivity contribution in [3.63, 3.8) is 0 Å². The van der Waals surface area contributed by atoms with Gasteiger partial charge in [-0.05, 0) is 12.8 Å². The molecule has 0 N–H and O–H groups in total. The molecule has 1 atom stereocenters. The third kappa shape index (κ3) is 13.9. The van der Waals surface area contributed by atoms with E-state index in [2.05, 4.69) is 13.8 Å². The first-order valence-electron chi connectivity index (χ1n) is 8.45. The zero-order valence-electron chi connectivity index (χ0n) is 13.8. The lowest BCUT2D eigenvalue weighted by Gasteiger charge is -2.16. The first-order valence-corrected chi connectivity index (χ1v) is 8.45. The average Bonchev–Trinajstić information content (AvgIpc) is 2.42. The fraction of sp³-hybridized carbons (Fsp3) is 0.941. The predicted molar refractivity (Wildman–Crippen MR) is 83.9 cm³/mol. The van der Waals surface area contributed by atoms with E-state index in [9.17, 15) is 4.79 Å². The van der Waals surface area contributed by atoms with E-state index in [-0.39, 0.29) is 12.1 Å². The Balaban J connectivity index is 3.41. The van der Waals surface area contributed by atoms with Crippen LogP contribution in [0.3, 0.4) is 0 Å². The van der Waals surface area contributed by atoms with Gasteiger partial charge in [0.25, 0.3) is 0 Å². The lowest BCUT2D eigenvalue weighted by atomic mass is 10.1. The van der Waals surface area contributed by atoms with Gasteiger partial charge in [0, 0.05) is 13.5 Å². The smallest absolute Gasteiger partial charge is 0.302 e. The minimum Gasteiger partial charge on any atom is -0.463 e. The van der Waals surface area contributed by atoms with Crippen molar-refractivity contribution in [1.29, 1.82) is 0 Å². The van der Waals surface area contributed by atoms with Gasteiger partial charge in [-0.1, -0.05) is 65.2 Å². The number of carbonyl (C=O) groups is 1. The molecule has 0 radical (unpaired) electrons. The van der Waals surface area contributed by atoms with E-state index >= 15 is 0 Å². The third-order valence-corrected chi connectivity index (χ3v) is 3.43. The minimum atomic E-state index is -0.221. The molecule has 0 aromatic heterocycles. The Bertz CT molecular complexity index is 216. The van der Waals surface area contributed by atoms with Gasteiger partial charge in [-0.2, -0.15) is 0 Å². The maximum atomic E-state index is 10.8. The van der Waals surface area contributed by atoms with Crippen molar-refractivity contribution >= 4 is 5.97 Å². The van der Waals surface area contributed by atoms with E-state index in [1.807, 2.05) is 0 Å². The van der Waals surface area contributed by atoms with E-state index < -0.39 is 0 Å². The van der Waals surface area contributed by atoms with Crippen LogP contribution in [-0.2, 0) is 14.3 Å². The molecule has 1 unspecified atom stereocenters.